The maximum atomic E-state index is 13.4. The quantitative estimate of drug-likeness (QED) is 0.313. The number of nitrogens with one attached hydrogen (secondary N) is 3. The number of H-pyrrole nitrogens is 2. The minimum absolute atomic E-state index is 0. The first-order valence-corrected chi connectivity index (χ1v) is 12.4. The second-order valence-corrected chi connectivity index (χ2v) is 9.69. The van der Waals surface area contributed by atoms with Crippen molar-refractivity contribution in [1.29, 1.82) is 0 Å². The van der Waals surface area contributed by atoms with E-state index in [4.69, 9.17) is 9.72 Å². The van der Waals surface area contributed by atoms with Crippen molar-refractivity contribution in [3.05, 3.63) is 59.0 Å². The number of hydrogen-bond acceptors (Lipinski definition) is 8. The summed E-state index contributed by atoms with van der Waals surface area (Å²) in [7, 11) is 1.82. The van der Waals surface area contributed by atoms with E-state index in [-0.39, 0.29) is 37.3 Å². The number of hydrogen-bond donors (Lipinski definition) is 3. The summed E-state index contributed by atoms with van der Waals surface area (Å²) in [6.07, 6.45) is 5.49. The molecule has 3 N–H and O–H groups in total. The Morgan fingerprint density at radius 1 is 1.11 bits per heavy atom. The standard InChI is InChI=1S/C26H29N9O2.H2S/c1-14-11-35(12-15(2)37-14)17-6-7-18-19(10-17)31-25(30-18)21-23(29-16(3)24-27-8-5-9-28-24)22-20(32-26(21)36)13-34(4)33-22;/h5-10,13-16,29H,11-12H2,1-4H3,(H,30,31)(H,32,36);1H2/t14-,15+,16-;/m0./s1. The van der Waals surface area contributed by atoms with E-state index in [1.54, 1.807) is 29.3 Å². The fourth-order valence-electron chi connectivity index (χ4n) is 5.06. The summed E-state index contributed by atoms with van der Waals surface area (Å²) in [5.74, 6) is 1.08. The minimum atomic E-state index is -0.270. The molecule has 0 bridgehead atoms. The molecule has 0 aliphatic carbocycles. The Kier molecular flexibility index (Phi) is 6.84. The van der Waals surface area contributed by atoms with E-state index in [9.17, 15) is 4.79 Å². The number of aromatic nitrogens is 7. The Hall–Kier alpha value is -3.90. The number of ether oxygens (including phenoxy) is 1. The molecule has 1 aromatic carbocycles. The lowest BCUT2D eigenvalue weighted by Crippen LogP contribution is -2.45. The summed E-state index contributed by atoms with van der Waals surface area (Å²) in [6, 6.07) is 7.63. The van der Waals surface area contributed by atoms with E-state index in [1.165, 1.54) is 0 Å². The van der Waals surface area contributed by atoms with Crippen molar-refractivity contribution in [2.45, 2.75) is 39.0 Å². The summed E-state index contributed by atoms with van der Waals surface area (Å²) >= 11 is 0. The maximum Gasteiger partial charge on any atom is 0.261 e. The second-order valence-electron chi connectivity index (χ2n) is 9.69. The average Bonchev–Trinajstić information content (AvgIpc) is 3.45. The molecule has 38 heavy (non-hydrogen) atoms. The highest BCUT2D eigenvalue weighted by Crippen LogP contribution is 2.33. The first-order valence-electron chi connectivity index (χ1n) is 12.4. The maximum absolute atomic E-state index is 13.4. The van der Waals surface area contributed by atoms with Crippen molar-refractivity contribution in [3.8, 4) is 11.4 Å². The van der Waals surface area contributed by atoms with Crippen molar-refractivity contribution in [1.82, 2.24) is 34.7 Å². The number of aryl methyl sites for hydroxylation is 1. The van der Waals surface area contributed by atoms with Crippen LogP contribution in [-0.4, -0.2) is 60.0 Å². The van der Waals surface area contributed by atoms with Gasteiger partial charge in [0.2, 0.25) is 0 Å². The molecule has 1 fully saturated rings. The van der Waals surface area contributed by atoms with E-state index in [2.05, 4.69) is 61.2 Å². The highest BCUT2D eigenvalue weighted by atomic mass is 32.1. The van der Waals surface area contributed by atoms with Gasteiger partial charge >= 0.3 is 0 Å². The Labute approximate surface area is 226 Å². The Balaban J connectivity index is 0.00000294. The molecule has 1 aliphatic heterocycles. The van der Waals surface area contributed by atoms with Gasteiger partial charge in [0.15, 0.2) is 0 Å². The number of morpholine rings is 1. The number of pyridine rings is 1. The topological polar surface area (TPSA) is 130 Å². The van der Waals surface area contributed by atoms with Gasteiger partial charge in [-0.05, 0) is 45.0 Å². The summed E-state index contributed by atoms with van der Waals surface area (Å²) in [5.41, 5.74) is 4.69. The van der Waals surface area contributed by atoms with Crippen molar-refractivity contribution in [3.63, 3.8) is 0 Å². The van der Waals surface area contributed by atoms with Gasteiger partial charge in [0.05, 0.1) is 40.5 Å². The lowest BCUT2D eigenvalue weighted by atomic mass is 10.1. The molecule has 1 aliphatic rings. The molecule has 0 spiro atoms. The summed E-state index contributed by atoms with van der Waals surface area (Å²) in [5, 5.41) is 8.05. The smallest absolute Gasteiger partial charge is 0.261 e. The SMILES string of the molecule is C[C@@H]1CN(c2ccc3nc(-c4c(N[C@@H](C)c5ncccn5)c5nn(C)cc5[nH]c4=O)[nH]c3c2)C[C@H](C)O1.S. The van der Waals surface area contributed by atoms with Gasteiger partial charge < -0.3 is 24.9 Å². The minimum Gasteiger partial charge on any atom is -0.373 e. The van der Waals surface area contributed by atoms with Crippen LogP contribution < -0.4 is 15.8 Å². The van der Waals surface area contributed by atoms with Crippen molar-refractivity contribution >= 4 is 46.9 Å². The van der Waals surface area contributed by atoms with Gasteiger partial charge in [-0.3, -0.25) is 9.48 Å². The molecule has 0 unspecified atom stereocenters. The van der Waals surface area contributed by atoms with Crippen LogP contribution in [0.3, 0.4) is 0 Å². The Bertz CT molecular complexity index is 1640. The number of anilines is 2. The number of benzene rings is 1. The fourth-order valence-corrected chi connectivity index (χ4v) is 5.06. The van der Waals surface area contributed by atoms with Crippen LogP contribution in [0, 0.1) is 0 Å². The Morgan fingerprint density at radius 2 is 1.84 bits per heavy atom. The van der Waals surface area contributed by atoms with Crippen LogP contribution in [0.15, 0.2) is 47.7 Å². The second kappa shape index (κ2) is 10.1. The van der Waals surface area contributed by atoms with Crippen LogP contribution in [0.1, 0.15) is 32.6 Å². The van der Waals surface area contributed by atoms with Crippen molar-refractivity contribution in [2.24, 2.45) is 7.05 Å². The number of nitrogens with zero attached hydrogens (tertiary/aromatic N) is 6. The summed E-state index contributed by atoms with van der Waals surface area (Å²) in [6.45, 7) is 7.77. The first-order chi connectivity index (χ1) is 17.9. The monoisotopic (exact) mass is 533 g/mol. The third kappa shape index (κ3) is 4.72. The van der Waals surface area contributed by atoms with Gasteiger partial charge in [0.25, 0.3) is 5.56 Å². The molecular formula is C26H31N9O2S. The predicted molar refractivity (Wildman–Crippen MR) is 153 cm³/mol. The molecule has 5 aromatic rings. The van der Waals surface area contributed by atoms with Crippen LogP contribution in [0.4, 0.5) is 11.4 Å². The van der Waals surface area contributed by atoms with Gasteiger partial charge in [-0.2, -0.15) is 18.6 Å². The predicted octanol–water partition coefficient (Wildman–Crippen LogP) is 3.49. The van der Waals surface area contributed by atoms with Gasteiger partial charge in [0, 0.05) is 44.4 Å². The third-order valence-corrected chi connectivity index (χ3v) is 6.61. The molecule has 11 nitrogen and oxygen atoms in total. The molecule has 3 atom stereocenters. The molecule has 0 amide bonds. The van der Waals surface area contributed by atoms with Gasteiger partial charge in [-0.1, -0.05) is 0 Å². The summed E-state index contributed by atoms with van der Waals surface area (Å²) in [4.78, 5) is 35.6. The molecule has 12 heteroatoms. The normalized spacial score (nSPS) is 18.5. The van der Waals surface area contributed by atoms with E-state index in [0.717, 1.165) is 29.8 Å². The van der Waals surface area contributed by atoms with E-state index in [1.807, 2.05) is 20.0 Å². The van der Waals surface area contributed by atoms with Crippen LogP contribution in [0.5, 0.6) is 0 Å². The van der Waals surface area contributed by atoms with E-state index >= 15 is 0 Å². The first kappa shape index (κ1) is 25.7. The van der Waals surface area contributed by atoms with E-state index in [0.29, 0.717) is 33.9 Å². The number of imidazole rings is 1. The highest BCUT2D eigenvalue weighted by molar-refractivity contribution is 7.59. The largest absolute Gasteiger partial charge is 0.373 e. The van der Waals surface area contributed by atoms with Crippen LogP contribution in [0.25, 0.3) is 33.5 Å². The van der Waals surface area contributed by atoms with Gasteiger partial charge in [-0.25, -0.2) is 15.0 Å². The zero-order valence-corrected chi connectivity index (χ0v) is 22.7. The van der Waals surface area contributed by atoms with Crippen LogP contribution >= 0.6 is 13.5 Å². The molecule has 5 heterocycles. The lowest BCUT2D eigenvalue weighted by Gasteiger charge is -2.36. The van der Waals surface area contributed by atoms with Crippen molar-refractivity contribution in [2.75, 3.05) is 23.3 Å². The van der Waals surface area contributed by atoms with Crippen LogP contribution in [0.2, 0.25) is 0 Å². The van der Waals surface area contributed by atoms with E-state index < -0.39 is 0 Å². The molecule has 6 rings (SSSR count). The molecule has 4 aromatic heterocycles. The van der Waals surface area contributed by atoms with Crippen molar-refractivity contribution < 1.29 is 4.74 Å². The van der Waals surface area contributed by atoms with Crippen LogP contribution in [-0.2, 0) is 11.8 Å². The third-order valence-electron chi connectivity index (χ3n) is 6.61. The lowest BCUT2D eigenvalue weighted by molar-refractivity contribution is -0.00521. The molecule has 0 saturated carbocycles. The molecule has 0 radical (unpaired) electrons. The number of rotatable bonds is 5. The average molecular weight is 534 g/mol. The number of fused-ring (bicyclic) bond motifs is 2. The number of aromatic amines is 2. The Morgan fingerprint density at radius 3 is 2.58 bits per heavy atom. The highest BCUT2D eigenvalue weighted by Gasteiger charge is 2.24. The van der Waals surface area contributed by atoms with Gasteiger partial charge in [-0.15, -0.1) is 0 Å². The fraction of sp³-hybridized carbons (Fsp3) is 0.346. The summed E-state index contributed by atoms with van der Waals surface area (Å²) < 4.78 is 7.57. The molecular weight excluding hydrogens is 502 g/mol. The van der Waals surface area contributed by atoms with Gasteiger partial charge in [0.1, 0.15) is 22.7 Å². The molecule has 198 valence electrons. The molecule has 1 saturated heterocycles. The zero-order chi connectivity index (χ0) is 25.7. The zero-order valence-electron chi connectivity index (χ0n) is 21.7.